The van der Waals surface area contributed by atoms with Crippen LogP contribution in [0.2, 0.25) is 0 Å². The first kappa shape index (κ1) is 25.1. The molecule has 166 valence electrons. The molecule has 0 radical (unpaired) electrons. The first-order valence-electron chi connectivity index (χ1n) is 10.7. The van der Waals surface area contributed by atoms with Crippen molar-refractivity contribution >= 4 is 41.3 Å². The number of hydrogen-bond donors (Lipinski definition) is 1. The number of piperidine rings is 1. The van der Waals surface area contributed by atoms with E-state index in [0.717, 1.165) is 50.2 Å². The van der Waals surface area contributed by atoms with Gasteiger partial charge in [0.2, 0.25) is 0 Å². The Labute approximate surface area is 203 Å². The fraction of sp³-hybridized carbons (Fsp3) is 0.565. The van der Waals surface area contributed by atoms with Crippen LogP contribution >= 0.6 is 35.3 Å². The van der Waals surface area contributed by atoms with Gasteiger partial charge in [-0.05, 0) is 58.2 Å². The predicted molar refractivity (Wildman–Crippen MR) is 139 cm³/mol. The molecule has 5 nitrogen and oxygen atoms in total. The second-order valence-electron chi connectivity index (χ2n) is 8.11. The van der Waals surface area contributed by atoms with Crippen molar-refractivity contribution in [1.29, 1.82) is 0 Å². The molecule has 0 amide bonds. The maximum atomic E-state index is 4.97. The van der Waals surface area contributed by atoms with Gasteiger partial charge in [0.05, 0.1) is 10.7 Å². The molecule has 1 aliphatic rings. The van der Waals surface area contributed by atoms with Crippen LogP contribution in [-0.2, 0) is 13.1 Å². The van der Waals surface area contributed by atoms with Crippen molar-refractivity contribution in [2.24, 2.45) is 10.9 Å². The van der Waals surface area contributed by atoms with Gasteiger partial charge in [-0.3, -0.25) is 9.89 Å². The van der Waals surface area contributed by atoms with Gasteiger partial charge in [-0.2, -0.15) is 0 Å². The van der Waals surface area contributed by atoms with Crippen LogP contribution in [0.5, 0.6) is 0 Å². The zero-order valence-corrected chi connectivity index (χ0v) is 21.9. The molecule has 0 atom stereocenters. The molecule has 7 heteroatoms. The van der Waals surface area contributed by atoms with E-state index in [1.54, 1.807) is 11.3 Å². The lowest BCUT2D eigenvalue weighted by molar-refractivity contribution is 0.179. The summed E-state index contributed by atoms with van der Waals surface area (Å²) in [5.74, 6) is 1.68. The predicted octanol–water partition coefficient (Wildman–Crippen LogP) is 4.69. The summed E-state index contributed by atoms with van der Waals surface area (Å²) in [6, 6.07) is 8.76. The van der Waals surface area contributed by atoms with Crippen molar-refractivity contribution in [3.05, 3.63) is 51.5 Å². The number of nitrogens with zero attached hydrogens (tertiary/aromatic N) is 4. The van der Waals surface area contributed by atoms with E-state index in [-0.39, 0.29) is 24.0 Å². The third kappa shape index (κ3) is 7.81. The smallest absolute Gasteiger partial charge is 0.193 e. The number of thiazole rings is 1. The Bertz CT molecular complexity index is 781. The third-order valence-electron chi connectivity index (χ3n) is 5.50. The van der Waals surface area contributed by atoms with E-state index < -0.39 is 0 Å². The molecule has 1 aromatic carbocycles. The Kier molecular flexibility index (Phi) is 10.5. The van der Waals surface area contributed by atoms with Gasteiger partial charge in [0, 0.05) is 38.6 Å². The van der Waals surface area contributed by atoms with Crippen LogP contribution < -0.4 is 5.32 Å². The Morgan fingerprint density at radius 3 is 2.53 bits per heavy atom. The van der Waals surface area contributed by atoms with Crippen molar-refractivity contribution in [3.63, 3.8) is 0 Å². The Hall–Kier alpha value is -1.19. The highest BCUT2D eigenvalue weighted by molar-refractivity contribution is 14.0. The maximum absolute atomic E-state index is 4.97. The number of nitrogens with one attached hydrogen (secondary N) is 1. The summed E-state index contributed by atoms with van der Waals surface area (Å²) in [6.45, 7) is 12.3. The Morgan fingerprint density at radius 2 is 1.93 bits per heavy atom. The topological polar surface area (TPSA) is 43.8 Å². The van der Waals surface area contributed by atoms with Crippen molar-refractivity contribution < 1.29 is 0 Å². The zero-order chi connectivity index (χ0) is 20.6. The van der Waals surface area contributed by atoms with E-state index in [9.17, 15) is 0 Å². The summed E-state index contributed by atoms with van der Waals surface area (Å²) in [6.07, 6.45) is 2.43. The lowest BCUT2D eigenvalue weighted by Gasteiger charge is -2.31. The van der Waals surface area contributed by atoms with Crippen LogP contribution in [0.15, 0.2) is 34.6 Å². The van der Waals surface area contributed by atoms with E-state index in [1.165, 1.54) is 29.7 Å². The molecule has 1 fully saturated rings. The van der Waals surface area contributed by atoms with Crippen molar-refractivity contribution in [2.45, 2.75) is 46.7 Å². The number of rotatable bonds is 7. The lowest BCUT2D eigenvalue weighted by Crippen LogP contribution is -2.39. The van der Waals surface area contributed by atoms with E-state index in [0.29, 0.717) is 5.92 Å². The number of aryl methyl sites for hydroxylation is 2. The van der Waals surface area contributed by atoms with Crippen LogP contribution in [0.3, 0.4) is 0 Å². The molecule has 2 aromatic rings. The summed E-state index contributed by atoms with van der Waals surface area (Å²) < 4.78 is 0. The molecule has 0 unspecified atom stereocenters. The fourth-order valence-corrected chi connectivity index (χ4v) is 4.37. The van der Waals surface area contributed by atoms with E-state index in [4.69, 9.17) is 4.99 Å². The molecule has 0 bridgehead atoms. The van der Waals surface area contributed by atoms with Gasteiger partial charge in [0.15, 0.2) is 5.96 Å². The molecule has 0 aliphatic carbocycles. The Morgan fingerprint density at radius 1 is 1.23 bits per heavy atom. The van der Waals surface area contributed by atoms with Gasteiger partial charge in [-0.15, -0.1) is 35.3 Å². The number of aliphatic imine (C=N–C) groups is 1. The minimum Gasteiger partial charge on any atom is -0.357 e. The number of benzene rings is 1. The van der Waals surface area contributed by atoms with Crippen LogP contribution in [0, 0.1) is 19.8 Å². The molecule has 0 saturated carbocycles. The largest absolute Gasteiger partial charge is 0.357 e. The standard InChI is InChI=1S/C23H35N5S.HI/c1-5-24-23(27(4)15-21-8-6-18(2)7-9-21)25-14-20-10-12-28(13-11-20)16-22-17-29-19(3)26-22;/h6-9,17,20H,5,10-16H2,1-4H3,(H,24,25);1H. The zero-order valence-electron chi connectivity index (χ0n) is 18.7. The van der Waals surface area contributed by atoms with E-state index >= 15 is 0 Å². The van der Waals surface area contributed by atoms with Gasteiger partial charge >= 0.3 is 0 Å². The molecule has 0 spiro atoms. The summed E-state index contributed by atoms with van der Waals surface area (Å²) in [7, 11) is 2.12. The second-order valence-corrected chi connectivity index (χ2v) is 9.18. The molecule has 1 aromatic heterocycles. The summed E-state index contributed by atoms with van der Waals surface area (Å²) in [5.41, 5.74) is 3.83. The average Bonchev–Trinajstić information content (AvgIpc) is 3.12. The second kappa shape index (κ2) is 12.6. The van der Waals surface area contributed by atoms with E-state index in [1.807, 2.05) is 0 Å². The minimum absolute atomic E-state index is 0. The maximum Gasteiger partial charge on any atom is 0.193 e. The minimum atomic E-state index is 0. The number of hydrogen-bond acceptors (Lipinski definition) is 4. The molecular formula is C23H36IN5S. The first-order valence-corrected chi connectivity index (χ1v) is 11.6. The third-order valence-corrected chi connectivity index (χ3v) is 6.32. The molecule has 30 heavy (non-hydrogen) atoms. The monoisotopic (exact) mass is 541 g/mol. The van der Waals surface area contributed by atoms with Gasteiger partial charge in [0.1, 0.15) is 0 Å². The summed E-state index contributed by atoms with van der Waals surface area (Å²) in [5, 5.41) is 6.81. The first-order chi connectivity index (χ1) is 14.0. The Balaban J connectivity index is 0.00000320. The quantitative estimate of drug-likeness (QED) is 0.314. The fourth-order valence-electron chi connectivity index (χ4n) is 3.76. The average molecular weight is 542 g/mol. The number of likely N-dealkylation sites (tertiary alicyclic amines) is 1. The van der Waals surface area contributed by atoms with Crippen molar-refractivity contribution in [1.82, 2.24) is 20.1 Å². The van der Waals surface area contributed by atoms with Crippen LogP contribution in [0.25, 0.3) is 0 Å². The van der Waals surface area contributed by atoms with E-state index in [2.05, 4.69) is 77.6 Å². The number of guanidine groups is 1. The van der Waals surface area contributed by atoms with Gasteiger partial charge in [0.25, 0.3) is 0 Å². The highest BCUT2D eigenvalue weighted by atomic mass is 127. The SMILES string of the molecule is CCNC(=NCC1CCN(Cc2csc(C)n2)CC1)N(C)Cc1ccc(C)cc1.I. The highest BCUT2D eigenvalue weighted by Crippen LogP contribution is 2.20. The molecular weight excluding hydrogens is 505 g/mol. The molecule has 1 aliphatic heterocycles. The van der Waals surface area contributed by atoms with Crippen molar-refractivity contribution in [2.75, 3.05) is 33.2 Å². The van der Waals surface area contributed by atoms with Crippen LogP contribution in [0.4, 0.5) is 0 Å². The summed E-state index contributed by atoms with van der Waals surface area (Å²) in [4.78, 5) is 14.3. The van der Waals surface area contributed by atoms with Gasteiger partial charge in [-0.25, -0.2) is 4.98 Å². The molecule has 2 heterocycles. The molecule has 3 rings (SSSR count). The van der Waals surface area contributed by atoms with Gasteiger partial charge < -0.3 is 10.2 Å². The summed E-state index contributed by atoms with van der Waals surface area (Å²) >= 11 is 1.75. The van der Waals surface area contributed by atoms with Crippen LogP contribution in [0.1, 0.15) is 41.6 Å². The number of aromatic nitrogens is 1. The van der Waals surface area contributed by atoms with Crippen LogP contribution in [-0.4, -0.2) is 54.0 Å². The molecule has 1 N–H and O–H groups in total. The van der Waals surface area contributed by atoms with Crippen molar-refractivity contribution in [3.8, 4) is 0 Å². The number of halogens is 1. The normalized spacial score (nSPS) is 15.7. The highest BCUT2D eigenvalue weighted by Gasteiger charge is 2.20. The van der Waals surface area contributed by atoms with Gasteiger partial charge in [-0.1, -0.05) is 29.8 Å². The lowest BCUT2D eigenvalue weighted by atomic mass is 9.97. The molecule has 1 saturated heterocycles.